The van der Waals surface area contributed by atoms with Crippen LogP contribution in [0.25, 0.3) is 11.5 Å². The van der Waals surface area contributed by atoms with Gasteiger partial charge in [0, 0.05) is 45.3 Å². The Hall–Kier alpha value is -2.87. The van der Waals surface area contributed by atoms with Crippen LogP contribution in [-0.4, -0.2) is 70.8 Å². The van der Waals surface area contributed by atoms with E-state index in [1.807, 2.05) is 0 Å². The molecule has 1 aliphatic heterocycles. The van der Waals surface area contributed by atoms with E-state index >= 15 is 0 Å². The number of ether oxygens (including phenoxy) is 3. The minimum absolute atomic E-state index is 0.0832. The molecule has 1 saturated heterocycles. The first-order valence-corrected chi connectivity index (χ1v) is 13.3. The summed E-state index contributed by atoms with van der Waals surface area (Å²) in [7, 11) is -1.09. The molecule has 3 aromatic rings. The predicted molar refractivity (Wildman–Crippen MR) is 132 cm³/mol. The van der Waals surface area contributed by atoms with Crippen LogP contribution in [0.2, 0.25) is 5.02 Å². The number of hydrogen-bond donors (Lipinski definition) is 1. The monoisotopic (exact) mass is 537 g/mol. The minimum Gasteiger partial charge on any atom is -0.481 e. The van der Waals surface area contributed by atoms with Gasteiger partial charge in [0.2, 0.25) is 21.9 Å². The molecule has 1 fully saturated rings. The zero-order chi connectivity index (χ0) is 25.7. The normalized spacial score (nSPS) is 16.4. The van der Waals surface area contributed by atoms with Crippen LogP contribution in [0.3, 0.4) is 0 Å². The van der Waals surface area contributed by atoms with Gasteiger partial charge in [-0.1, -0.05) is 17.7 Å². The second-order valence-electron chi connectivity index (χ2n) is 8.35. The zero-order valence-electron chi connectivity index (χ0n) is 20.2. The highest BCUT2D eigenvalue weighted by molar-refractivity contribution is 7.93. The number of aromatic nitrogens is 6. The van der Waals surface area contributed by atoms with Crippen molar-refractivity contribution in [3.05, 3.63) is 41.4 Å². The van der Waals surface area contributed by atoms with Gasteiger partial charge in [0.15, 0.2) is 11.6 Å². The molecule has 194 valence electrons. The van der Waals surface area contributed by atoms with E-state index in [4.69, 9.17) is 25.8 Å². The fourth-order valence-electron chi connectivity index (χ4n) is 3.94. The van der Waals surface area contributed by atoms with Gasteiger partial charge < -0.3 is 14.2 Å². The standard InChI is InChI=1S/C22H28ClN7O5S/c1-14(19(34-3)20-24-11-16(23)12-25-20)36(31,32)29-22-28-27-21(17-5-4-6-18(26-17)33-2)30(22)13-15-7-9-35-10-8-15/h4-6,11-12,14-15,19H,7-10,13H2,1-3H3,(H,28,29)/t14-,19-/m0/s1. The van der Waals surface area contributed by atoms with Crippen LogP contribution < -0.4 is 9.46 Å². The van der Waals surface area contributed by atoms with E-state index in [-0.39, 0.29) is 17.7 Å². The number of anilines is 1. The fourth-order valence-corrected chi connectivity index (χ4v) is 5.19. The molecule has 4 heterocycles. The van der Waals surface area contributed by atoms with E-state index in [0.717, 1.165) is 12.8 Å². The van der Waals surface area contributed by atoms with Gasteiger partial charge in [-0.3, -0.25) is 9.29 Å². The average molecular weight is 538 g/mol. The molecule has 1 aliphatic rings. The molecule has 0 radical (unpaired) electrons. The number of methoxy groups -OCH3 is 2. The van der Waals surface area contributed by atoms with E-state index in [0.29, 0.717) is 42.2 Å². The molecule has 14 heteroatoms. The van der Waals surface area contributed by atoms with E-state index in [1.165, 1.54) is 33.5 Å². The number of pyridine rings is 1. The third kappa shape index (κ3) is 5.91. The topological polar surface area (TPSA) is 143 Å². The lowest BCUT2D eigenvalue weighted by Gasteiger charge is -2.25. The third-order valence-electron chi connectivity index (χ3n) is 5.99. The first-order chi connectivity index (χ1) is 17.3. The Labute approximate surface area is 214 Å². The van der Waals surface area contributed by atoms with Gasteiger partial charge in [0.05, 0.1) is 12.1 Å². The maximum absolute atomic E-state index is 13.4. The van der Waals surface area contributed by atoms with Crippen molar-refractivity contribution in [1.82, 2.24) is 29.7 Å². The van der Waals surface area contributed by atoms with Gasteiger partial charge in [0.25, 0.3) is 0 Å². The fraction of sp³-hybridized carbons (Fsp3) is 0.500. The molecule has 12 nitrogen and oxygen atoms in total. The molecule has 4 rings (SSSR count). The van der Waals surface area contributed by atoms with Gasteiger partial charge in [-0.25, -0.2) is 23.4 Å². The van der Waals surface area contributed by atoms with E-state index < -0.39 is 21.4 Å². The molecule has 1 N–H and O–H groups in total. The van der Waals surface area contributed by atoms with Crippen molar-refractivity contribution in [2.75, 3.05) is 32.2 Å². The molecule has 0 aromatic carbocycles. The van der Waals surface area contributed by atoms with Crippen LogP contribution in [0.15, 0.2) is 30.6 Å². The lowest BCUT2D eigenvalue weighted by atomic mass is 10.0. The maximum Gasteiger partial charge on any atom is 0.240 e. The molecule has 0 amide bonds. The molecule has 3 aromatic heterocycles. The molecular weight excluding hydrogens is 510 g/mol. The second-order valence-corrected chi connectivity index (χ2v) is 10.8. The van der Waals surface area contributed by atoms with E-state index in [9.17, 15) is 8.42 Å². The highest BCUT2D eigenvalue weighted by Gasteiger charge is 2.34. The highest BCUT2D eigenvalue weighted by Crippen LogP contribution is 2.28. The number of rotatable bonds is 10. The Bertz CT molecular complexity index is 1270. The molecule has 36 heavy (non-hydrogen) atoms. The van der Waals surface area contributed by atoms with Crippen LogP contribution in [0, 0.1) is 5.92 Å². The molecular formula is C22H28ClN7O5S. The third-order valence-corrected chi connectivity index (χ3v) is 7.88. The Morgan fingerprint density at radius 3 is 2.58 bits per heavy atom. The minimum atomic E-state index is -4.01. The summed E-state index contributed by atoms with van der Waals surface area (Å²) in [6.45, 7) is 3.30. The van der Waals surface area contributed by atoms with Gasteiger partial charge in [-0.15, -0.1) is 10.2 Å². The van der Waals surface area contributed by atoms with Gasteiger partial charge in [0.1, 0.15) is 17.0 Å². The van der Waals surface area contributed by atoms with Crippen molar-refractivity contribution in [3.63, 3.8) is 0 Å². The quantitative estimate of drug-likeness (QED) is 0.410. The number of hydrogen-bond acceptors (Lipinski definition) is 10. The summed E-state index contributed by atoms with van der Waals surface area (Å²) in [6, 6.07) is 5.28. The highest BCUT2D eigenvalue weighted by atomic mass is 35.5. The predicted octanol–water partition coefficient (Wildman–Crippen LogP) is 2.74. The summed E-state index contributed by atoms with van der Waals surface area (Å²) >= 11 is 5.87. The maximum atomic E-state index is 13.4. The Kier molecular flexibility index (Phi) is 8.34. The summed E-state index contributed by atoms with van der Waals surface area (Å²) < 4.78 is 47.4. The van der Waals surface area contributed by atoms with Crippen molar-refractivity contribution in [2.45, 2.75) is 37.7 Å². The zero-order valence-corrected chi connectivity index (χ0v) is 21.7. The van der Waals surface area contributed by atoms with Crippen LogP contribution in [0.5, 0.6) is 5.88 Å². The van der Waals surface area contributed by atoms with Crippen molar-refractivity contribution < 1.29 is 22.6 Å². The SMILES string of the molecule is COc1cccc(-c2nnc(NS(=O)(=O)[C@@H](C)[C@H](OC)c3ncc(Cl)cn3)n2CC2CCOCC2)n1. The largest absolute Gasteiger partial charge is 0.481 e. The molecule has 0 aliphatic carbocycles. The first-order valence-electron chi connectivity index (χ1n) is 11.4. The summed E-state index contributed by atoms with van der Waals surface area (Å²) in [5.41, 5.74) is 0.511. The summed E-state index contributed by atoms with van der Waals surface area (Å²) in [4.78, 5) is 12.7. The van der Waals surface area contributed by atoms with Crippen molar-refractivity contribution in [1.29, 1.82) is 0 Å². The van der Waals surface area contributed by atoms with Gasteiger partial charge in [-0.05, 0) is 31.7 Å². The van der Waals surface area contributed by atoms with E-state index in [2.05, 4.69) is 29.9 Å². The summed E-state index contributed by atoms with van der Waals surface area (Å²) in [6.07, 6.45) is 3.52. The van der Waals surface area contributed by atoms with Crippen molar-refractivity contribution >= 4 is 27.6 Å². The number of halogens is 1. The number of nitrogens with one attached hydrogen (secondary N) is 1. The van der Waals surface area contributed by atoms with Crippen LogP contribution in [0.1, 0.15) is 31.7 Å². The molecule has 0 bridgehead atoms. The summed E-state index contributed by atoms with van der Waals surface area (Å²) in [5.74, 6) is 1.38. The number of nitrogens with zero attached hydrogens (tertiary/aromatic N) is 6. The lowest BCUT2D eigenvalue weighted by molar-refractivity contribution is 0.0615. The van der Waals surface area contributed by atoms with E-state index in [1.54, 1.807) is 22.8 Å². The van der Waals surface area contributed by atoms with Crippen molar-refractivity contribution in [2.24, 2.45) is 5.92 Å². The van der Waals surface area contributed by atoms with Crippen LogP contribution >= 0.6 is 11.6 Å². The molecule has 2 atom stereocenters. The first kappa shape index (κ1) is 26.2. The smallest absolute Gasteiger partial charge is 0.240 e. The number of sulfonamides is 1. The van der Waals surface area contributed by atoms with Crippen molar-refractivity contribution in [3.8, 4) is 17.4 Å². The molecule has 0 saturated carbocycles. The Balaban J connectivity index is 1.66. The molecule has 0 unspecified atom stereocenters. The second kappa shape index (κ2) is 11.5. The van der Waals surface area contributed by atoms with Crippen LogP contribution in [0.4, 0.5) is 5.95 Å². The Morgan fingerprint density at radius 2 is 1.92 bits per heavy atom. The lowest BCUT2D eigenvalue weighted by Crippen LogP contribution is -2.34. The average Bonchev–Trinajstić information content (AvgIpc) is 3.27. The molecule has 0 spiro atoms. The Morgan fingerprint density at radius 1 is 1.19 bits per heavy atom. The summed E-state index contributed by atoms with van der Waals surface area (Å²) in [5, 5.41) is 7.72. The van der Waals surface area contributed by atoms with Crippen LogP contribution in [-0.2, 0) is 26.0 Å². The van der Waals surface area contributed by atoms with Gasteiger partial charge >= 0.3 is 0 Å². The van der Waals surface area contributed by atoms with Gasteiger partial charge in [-0.2, -0.15) is 0 Å².